The molecule has 0 unspecified atom stereocenters. The fraction of sp³-hybridized carbons (Fsp3) is 0.769. The third kappa shape index (κ3) is 2.83. The van der Waals surface area contributed by atoms with Gasteiger partial charge in [0, 0.05) is 6.08 Å². The summed E-state index contributed by atoms with van der Waals surface area (Å²) >= 11 is 0. The summed E-state index contributed by atoms with van der Waals surface area (Å²) in [5, 5.41) is 0. The van der Waals surface area contributed by atoms with E-state index in [1.807, 2.05) is 0 Å². The molecule has 2 nitrogen and oxygen atoms in total. The first-order chi connectivity index (χ1) is 7.01. The van der Waals surface area contributed by atoms with Crippen LogP contribution >= 0.6 is 0 Å². The highest BCUT2D eigenvalue weighted by atomic mass is 16.5. The fourth-order valence-electron chi connectivity index (χ4n) is 2.47. The van der Waals surface area contributed by atoms with Gasteiger partial charge < -0.3 is 4.74 Å². The van der Waals surface area contributed by atoms with Gasteiger partial charge in [-0.2, -0.15) is 0 Å². The molecular weight excluding hydrogens is 188 g/mol. The number of rotatable bonds is 4. The Hall–Kier alpha value is -0.790. The topological polar surface area (TPSA) is 26.3 Å². The number of esters is 1. The zero-order chi connectivity index (χ0) is 11.5. The van der Waals surface area contributed by atoms with Gasteiger partial charge >= 0.3 is 5.97 Å². The number of ether oxygens (including phenoxy) is 1. The molecule has 0 aromatic heterocycles. The number of allylic oxidation sites excluding steroid dienone is 1. The van der Waals surface area contributed by atoms with Crippen LogP contribution in [0.2, 0.25) is 0 Å². The van der Waals surface area contributed by atoms with E-state index in [4.69, 9.17) is 0 Å². The van der Waals surface area contributed by atoms with Gasteiger partial charge in [0.2, 0.25) is 0 Å². The molecule has 1 rings (SSSR count). The highest BCUT2D eigenvalue weighted by Crippen LogP contribution is 2.52. The predicted octanol–water partition coefficient (Wildman–Crippen LogP) is 3.32. The van der Waals surface area contributed by atoms with Crippen LogP contribution < -0.4 is 0 Å². The zero-order valence-corrected chi connectivity index (χ0v) is 10.3. The Kier molecular flexibility index (Phi) is 3.95. The minimum absolute atomic E-state index is 0.201. The molecule has 1 saturated carbocycles. The number of methoxy groups -OCH3 is 1. The Morgan fingerprint density at radius 1 is 1.60 bits per heavy atom. The Bertz CT molecular complexity index is 264. The average Bonchev–Trinajstić information content (AvgIpc) is 2.20. The molecule has 0 bridgehead atoms. The lowest BCUT2D eigenvalue weighted by molar-refractivity contribution is -0.135. The molecule has 1 atom stereocenters. The van der Waals surface area contributed by atoms with E-state index in [1.54, 1.807) is 6.08 Å². The second-order valence-corrected chi connectivity index (χ2v) is 5.05. The summed E-state index contributed by atoms with van der Waals surface area (Å²) in [7, 11) is 1.44. The monoisotopic (exact) mass is 210 g/mol. The van der Waals surface area contributed by atoms with Crippen LogP contribution in [0.3, 0.4) is 0 Å². The van der Waals surface area contributed by atoms with E-state index in [-0.39, 0.29) is 11.4 Å². The van der Waals surface area contributed by atoms with Crippen molar-refractivity contribution in [3.63, 3.8) is 0 Å². The number of unbranched alkanes of at least 4 members (excludes halogenated alkanes) is 1. The maximum atomic E-state index is 11.2. The van der Waals surface area contributed by atoms with Gasteiger partial charge in [-0.1, -0.05) is 39.2 Å². The highest BCUT2D eigenvalue weighted by molar-refractivity contribution is 5.83. The molecule has 0 amide bonds. The van der Waals surface area contributed by atoms with E-state index in [1.165, 1.54) is 38.4 Å². The smallest absolute Gasteiger partial charge is 0.330 e. The summed E-state index contributed by atoms with van der Waals surface area (Å²) in [5.41, 5.74) is 1.48. The molecule has 0 N–H and O–H groups in total. The van der Waals surface area contributed by atoms with Crippen LogP contribution in [-0.2, 0) is 9.53 Å². The number of carbonyl (C=O) groups is 1. The predicted molar refractivity (Wildman–Crippen MR) is 61.5 cm³/mol. The number of hydrogen-bond acceptors (Lipinski definition) is 2. The lowest BCUT2D eigenvalue weighted by Crippen LogP contribution is -2.36. The van der Waals surface area contributed by atoms with Crippen LogP contribution in [0.1, 0.15) is 46.5 Å². The molecule has 0 spiro atoms. The van der Waals surface area contributed by atoms with Crippen molar-refractivity contribution in [2.45, 2.75) is 46.5 Å². The van der Waals surface area contributed by atoms with Crippen molar-refractivity contribution in [1.29, 1.82) is 0 Å². The third-order valence-corrected chi connectivity index (χ3v) is 3.36. The molecule has 1 aliphatic carbocycles. The van der Waals surface area contributed by atoms with E-state index in [2.05, 4.69) is 25.5 Å². The zero-order valence-electron chi connectivity index (χ0n) is 10.3. The molecule has 86 valence electrons. The van der Waals surface area contributed by atoms with Gasteiger partial charge in [-0.05, 0) is 24.2 Å². The second-order valence-electron chi connectivity index (χ2n) is 5.05. The van der Waals surface area contributed by atoms with E-state index in [0.29, 0.717) is 5.92 Å². The third-order valence-electron chi connectivity index (χ3n) is 3.36. The van der Waals surface area contributed by atoms with Gasteiger partial charge in [0.05, 0.1) is 7.11 Å². The van der Waals surface area contributed by atoms with Crippen LogP contribution in [-0.4, -0.2) is 13.1 Å². The molecule has 0 saturated heterocycles. The normalized spacial score (nSPS) is 26.1. The molecule has 1 fully saturated rings. The summed E-state index contributed by atoms with van der Waals surface area (Å²) in [6, 6.07) is 0. The van der Waals surface area contributed by atoms with Crippen molar-refractivity contribution in [2.75, 3.05) is 7.11 Å². The molecule has 0 aromatic carbocycles. The van der Waals surface area contributed by atoms with Gasteiger partial charge in [-0.15, -0.1) is 0 Å². The lowest BCUT2D eigenvalue weighted by atomic mass is 9.58. The quantitative estimate of drug-likeness (QED) is 0.525. The van der Waals surface area contributed by atoms with Crippen molar-refractivity contribution < 1.29 is 9.53 Å². The van der Waals surface area contributed by atoms with Crippen molar-refractivity contribution in [3.05, 3.63) is 11.6 Å². The highest BCUT2D eigenvalue weighted by Gasteiger charge is 2.41. The first-order valence-electron chi connectivity index (χ1n) is 5.81. The molecule has 1 aliphatic rings. The first-order valence-corrected chi connectivity index (χ1v) is 5.81. The lowest BCUT2D eigenvalue weighted by Gasteiger charge is -2.46. The first kappa shape index (κ1) is 12.3. The van der Waals surface area contributed by atoms with E-state index >= 15 is 0 Å². The van der Waals surface area contributed by atoms with Crippen LogP contribution in [0.25, 0.3) is 0 Å². The van der Waals surface area contributed by atoms with Gasteiger partial charge in [0.15, 0.2) is 0 Å². The standard InChI is InChI=1S/C13H22O2/c1-5-6-7-10-9-13(2,3)11(10)8-12(14)15-4/h8,10H,5-7,9H2,1-4H3/b11-8-/t10-/m1/s1. The summed E-state index contributed by atoms with van der Waals surface area (Å²) in [4.78, 5) is 11.2. The van der Waals surface area contributed by atoms with Crippen LogP contribution in [0.5, 0.6) is 0 Å². The maximum Gasteiger partial charge on any atom is 0.330 e. The molecule has 0 aromatic rings. The number of carbonyl (C=O) groups excluding carboxylic acids is 1. The second kappa shape index (κ2) is 4.82. The van der Waals surface area contributed by atoms with Gasteiger partial charge in [-0.25, -0.2) is 4.79 Å². The fourth-order valence-corrected chi connectivity index (χ4v) is 2.47. The molecule has 15 heavy (non-hydrogen) atoms. The average molecular weight is 210 g/mol. The minimum Gasteiger partial charge on any atom is -0.466 e. The SMILES string of the molecule is CCCC[C@@H]1CC(C)(C)/C1=C\C(=O)OC. The Balaban J connectivity index is 2.63. The molecular formula is C13H22O2. The molecule has 0 radical (unpaired) electrons. The van der Waals surface area contributed by atoms with Gasteiger partial charge in [0.25, 0.3) is 0 Å². The molecule has 2 heteroatoms. The summed E-state index contributed by atoms with van der Waals surface area (Å²) in [5.74, 6) is 0.401. The van der Waals surface area contributed by atoms with Crippen molar-refractivity contribution in [1.82, 2.24) is 0 Å². The largest absolute Gasteiger partial charge is 0.466 e. The van der Waals surface area contributed by atoms with Gasteiger partial charge in [0.1, 0.15) is 0 Å². The molecule has 0 aliphatic heterocycles. The van der Waals surface area contributed by atoms with Crippen molar-refractivity contribution in [2.24, 2.45) is 11.3 Å². The van der Waals surface area contributed by atoms with Crippen LogP contribution in [0.15, 0.2) is 11.6 Å². The minimum atomic E-state index is -0.209. The Morgan fingerprint density at radius 2 is 2.27 bits per heavy atom. The molecule has 0 heterocycles. The summed E-state index contributed by atoms with van der Waals surface area (Å²) in [6.07, 6.45) is 6.59. The summed E-state index contributed by atoms with van der Waals surface area (Å²) in [6.45, 7) is 6.60. The Labute approximate surface area is 92.7 Å². The Morgan fingerprint density at radius 3 is 2.73 bits per heavy atom. The van der Waals surface area contributed by atoms with Gasteiger partial charge in [-0.3, -0.25) is 0 Å². The van der Waals surface area contributed by atoms with Crippen LogP contribution in [0.4, 0.5) is 0 Å². The van der Waals surface area contributed by atoms with E-state index in [9.17, 15) is 4.79 Å². The summed E-state index contributed by atoms with van der Waals surface area (Å²) < 4.78 is 4.69. The number of hydrogen-bond donors (Lipinski definition) is 0. The van der Waals surface area contributed by atoms with E-state index in [0.717, 1.165) is 0 Å². The van der Waals surface area contributed by atoms with E-state index < -0.39 is 0 Å². The van der Waals surface area contributed by atoms with Crippen LogP contribution in [0, 0.1) is 11.3 Å². The maximum absolute atomic E-state index is 11.2. The van der Waals surface area contributed by atoms with Crippen molar-refractivity contribution in [3.8, 4) is 0 Å². The van der Waals surface area contributed by atoms with Crippen molar-refractivity contribution >= 4 is 5.97 Å².